The first-order valence-electron chi connectivity index (χ1n) is 8.54. The Kier molecular flexibility index (Phi) is 6.59. The maximum absolute atomic E-state index is 12.8. The number of hydrogen-bond acceptors (Lipinski definition) is 2. The quantitative estimate of drug-likeness (QED) is 0.702. The summed E-state index contributed by atoms with van der Waals surface area (Å²) in [4.78, 5) is 24.4. The molecule has 0 spiro atoms. The molecular weight excluding hydrogens is 394 g/mol. The van der Waals surface area contributed by atoms with Crippen LogP contribution < -0.4 is 5.32 Å². The number of carboxylic acids is 1. The second-order valence-electron chi connectivity index (χ2n) is 6.89. The van der Waals surface area contributed by atoms with Gasteiger partial charge in [0.15, 0.2) is 0 Å². The molecule has 0 aromatic heterocycles. The highest BCUT2D eigenvalue weighted by Gasteiger charge is 2.30. The molecule has 0 aliphatic rings. The van der Waals surface area contributed by atoms with Gasteiger partial charge in [-0.15, -0.1) is 0 Å². The minimum Gasteiger partial charge on any atom is -0.481 e. The van der Waals surface area contributed by atoms with E-state index in [2.05, 4.69) is 27.3 Å². The van der Waals surface area contributed by atoms with Gasteiger partial charge in [-0.3, -0.25) is 9.59 Å². The van der Waals surface area contributed by atoms with Crippen molar-refractivity contribution in [3.8, 4) is 0 Å². The number of carboxylic acid groups (broad SMARTS) is 1. The van der Waals surface area contributed by atoms with Gasteiger partial charge in [0.25, 0.3) is 0 Å². The standard InChI is InChI=1S/C21H24BrNO3/c1-12-7-13(2)9-16(8-12)10-18(15(4)21(25)26)20(24)23-17-6-5-14(3)19(22)11-17/h5-9,11,15,18H,10H2,1-4H3,(H,23,24)(H,25,26)/t15-,18-/m0/s1. The third-order valence-electron chi connectivity index (χ3n) is 4.51. The lowest BCUT2D eigenvalue weighted by molar-refractivity contribution is -0.145. The van der Waals surface area contributed by atoms with Gasteiger partial charge >= 0.3 is 5.97 Å². The van der Waals surface area contributed by atoms with E-state index in [1.54, 1.807) is 6.92 Å². The fraction of sp³-hybridized carbons (Fsp3) is 0.333. The van der Waals surface area contributed by atoms with E-state index in [-0.39, 0.29) is 5.91 Å². The highest BCUT2D eigenvalue weighted by atomic mass is 79.9. The van der Waals surface area contributed by atoms with E-state index < -0.39 is 17.8 Å². The number of benzene rings is 2. The second-order valence-corrected chi connectivity index (χ2v) is 7.74. The second kappa shape index (κ2) is 8.49. The summed E-state index contributed by atoms with van der Waals surface area (Å²) in [7, 11) is 0. The van der Waals surface area contributed by atoms with E-state index in [0.717, 1.165) is 26.7 Å². The summed E-state index contributed by atoms with van der Waals surface area (Å²) in [5.41, 5.74) is 4.89. The molecule has 2 N–H and O–H groups in total. The van der Waals surface area contributed by atoms with Crippen molar-refractivity contribution in [2.75, 3.05) is 5.32 Å². The van der Waals surface area contributed by atoms with E-state index in [1.807, 2.05) is 51.1 Å². The monoisotopic (exact) mass is 417 g/mol. The summed E-state index contributed by atoms with van der Waals surface area (Å²) in [5.74, 6) is -2.70. The Bertz CT molecular complexity index is 812. The van der Waals surface area contributed by atoms with Crippen LogP contribution in [0.25, 0.3) is 0 Å². The Hall–Kier alpha value is -2.14. The third-order valence-corrected chi connectivity index (χ3v) is 5.36. The average molecular weight is 418 g/mol. The van der Waals surface area contributed by atoms with Gasteiger partial charge in [0.05, 0.1) is 11.8 Å². The molecule has 0 saturated carbocycles. The average Bonchev–Trinajstić information content (AvgIpc) is 2.54. The van der Waals surface area contributed by atoms with Crippen LogP contribution in [0.3, 0.4) is 0 Å². The number of rotatable bonds is 6. The van der Waals surface area contributed by atoms with Gasteiger partial charge in [-0.1, -0.05) is 58.2 Å². The first-order chi connectivity index (χ1) is 12.2. The van der Waals surface area contributed by atoms with Gasteiger partial charge in [0.1, 0.15) is 0 Å². The minimum absolute atomic E-state index is 0.283. The molecule has 0 radical (unpaired) electrons. The van der Waals surface area contributed by atoms with Gasteiger partial charge in [-0.05, 0) is 50.5 Å². The first-order valence-corrected chi connectivity index (χ1v) is 9.33. The van der Waals surface area contributed by atoms with Crippen molar-refractivity contribution in [2.45, 2.75) is 34.1 Å². The maximum atomic E-state index is 12.8. The van der Waals surface area contributed by atoms with Crippen LogP contribution in [0.1, 0.15) is 29.2 Å². The summed E-state index contributed by atoms with van der Waals surface area (Å²) in [5, 5.41) is 12.3. The van der Waals surface area contributed by atoms with Crippen molar-refractivity contribution in [1.82, 2.24) is 0 Å². The molecule has 0 fully saturated rings. The largest absolute Gasteiger partial charge is 0.481 e. The van der Waals surface area contributed by atoms with Gasteiger partial charge < -0.3 is 10.4 Å². The molecule has 0 saturated heterocycles. The van der Waals surface area contributed by atoms with Crippen LogP contribution in [0.15, 0.2) is 40.9 Å². The van der Waals surface area contributed by atoms with Gasteiger partial charge in [-0.25, -0.2) is 0 Å². The van der Waals surface area contributed by atoms with Crippen molar-refractivity contribution < 1.29 is 14.7 Å². The fourth-order valence-electron chi connectivity index (χ4n) is 3.01. The molecule has 0 aliphatic heterocycles. The third kappa shape index (κ3) is 5.18. The predicted molar refractivity (Wildman–Crippen MR) is 107 cm³/mol. The first kappa shape index (κ1) is 20.2. The van der Waals surface area contributed by atoms with E-state index >= 15 is 0 Å². The molecule has 0 bridgehead atoms. The van der Waals surface area contributed by atoms with Crippen LogP contribution in [0.5, 0.6) is 0 Å². The highest BCUT2D eigenvalue weighted by molar-refractivity contribution is 9.10. The lowest BCUT2D eigenvalue weighted by Gasteiger charge is -2.21. The summed E-state index contributed by atoms with van der Waals surface area (Å²) >= 11 is 3.45. The molecule has 2 aromatic carbocycles. The summed E-state index contributed by atoms with van der Waals surface area (Å²) in [6.45, 7) is 7.54. The molecule has 5 heteroatoms. The molecule has 2 rings (SSSR count). The normalized spacial score (nSPS) is 13.1. The Morgan fingerprint density at radius 1 is 1.08 bits per heavy atom. The van der Waals surface area contributed by atoms with Crippen LogP contribution in [-0.4, -0.2) is 17.0 Å². The van der Waals surface area contributed by atoms with Crippen molar-refractivity contribution in [1.29, 1.82) is 0 Å². The topological polar surface area (TPSA) is 66.4 Å². The van der Waals surface area contributed by atoms with Crippen molar-refractivity contribution in [3.63, 3.8) is 0 Å². The van der Waals surface area contributed by atoms with E-state index in [9.17, 15) is 14.7 Å². The Morgan fingerprint density at radius 2 is 1.69 bits per heavy atom. The Balaban J connectivity index is 2.26. The number of amides is 1. The Morgan fingerprint density at radius 3 is 2.23 bits per heavy atom. The molecule has 2 atom stereocenters. The van der Waals surface area contributed by atoms with E-state index in [1.165, 1.54) is 0 Å². The van der Waals surface area contributed by atoms with Gasteiger partial charge in [-0.2, -0.15) is 0 Å². The number of halogens is 1. The summed E-state index contributed by atoms with van der Waals surface area (Å²) in [6, 6.07) is 11.6. The Labute approximate surface area is 162 Å². The number of aryl methyl sites for hydroxylation is 3. The number of anilines is 1. The molecule has 26 heavy (non-hydrogen) atoms. The van der Waals surface area contributed by atoms with E-state index in [0.29, 0.717) is 12.1 Å². The lowest BCUT2D eigenvalue weighted by Crippen LogP contribution is -2.33. The van der Waals surface area contributed by atoms with Crippen LogP contribution in [0, 0.1) is 32.6 Å². The zero-order valence-electron chi connectivity index (χ0n) is 15.5. The molecule has 0 aliphatic carbocycles. The van der Waals surface area contributed by atoms with Crippen molar-refractivity contribution >= 4 is 33.5 Å². The van der Waals surface area contributed by atoms with Crippen LogP contribution >= 0.6 is 15.9 Å². The van der Waals surface area contributed by atoms with Gasteiger partial charge in [0, 0.05) is 10.2 Å². The van der Waals surface area contributed by atoms with Crippen molar-refractivity contribution in [2.24, 2.45) is 11.8 Å². The number of nitrogens with one attached hydrogen (secondary N) is 1. The number of hydrogen-bond donors (Lipinski definition) is 2. The summed E-state index contributed by atoms with van der Waals surface area (Å²) in [6.07, 6.45) is 0.384. The van der Waals surface area contributed by atoms with Crippen LogP contribution in [0.2, 0.25) is 0 Å². The SMILES string of the molecule is Cc1cc(C)cc(C[C@H](C(=O)Nc2ccc(C)c(Br)c2)[C@H](C)C(=O)O)c1. The molecular formula is C21H24BrNO3. The number of carbonyl (C=O) groups is 2. The minimum atomic E-state index is -0.973. The smallest absolute Gasteiger partial charge is 0.307 e. The zero-order chi connectivity index (χ0) is 19.4. The predicted octanol–water partition coefficient (Wildman–Crippen LogP) is 4.89. The molecule has 2 aromatic rings. The number of carbonyl (C=O) groups excluding carboxylic acids is 1. The summed E-state index contributed by atoms with van der Waals surface area (Å²) < 4.78 is 0.896. The van der Waals surface area contributed by atoms with Gasteiger partial charge in [0.2, 0.25) is 5.91 Å². The molecule has 0 unspecified atom stereocenters. The highest BCUT2D eigenvalue weighted by Crippen LogP contribution is 2.24. The lowest BCUT2D eigenvalue weighted by atomic mass is 9.86. The van der Waals surface area contributed by atoms with Crippen molar-refractivity contribution in [3.05, 3.63) is 63.1 Å². The molecule has 4 nitrogen and oxygen atoms in total. The molecule has 0 heterocycles. The number of aliphatic carboxylic acids is 1. The molecule has 1 amide bonds. The zero-order valence-corrected chi connectivity index (χ0v) is 17.1. The van der Waals surface area contributed by atoms with Crippen LogP contribution in [-0.2, 0) is 16.0 Å². The molecule has 138 valence electrons. The van der Waals surface area contributed by atoms with E-state index in [4.69, 9.17) is 0 Å². The van der Waals surface area contributed by atoms with Crippen LogP contribution in [0.4, 0.5) is 5.69 Å². The fourth-order valence-corrected chi connectivity index (χ4v) is 3.39. The maximum Gasteiger partial charge on any atom is 0.307 e.